The van der Waals surface area contributed by atoms with Gasteiger partial charge in [0.2, 0.25) is 0 Å². The highest BCUT2D eigenvalue weighted by Crippen LogP contribution is 2.45. The Morgan fingerprint density at radius 3 is 1.43 bits per heavy atom. The van der Waals surface area contributed by atoms with Gasteiger partial charge in [-0.05, 0) is 51.1 Å². The molecule has 0 N–H and O–H groups in total. The van der Waals surface area contributed by atoms with Gasteiger partial charge in [0.15, 0.2) is 11.6 Å². The Balaban J connectivity index is 1.65. The van der Waals surface area contributed by atoms with Crippen LogP contribution in [0.5, 0.6) is 11.5 Å². The highest BCUT2D eigenvalue weighted by Gasteiger charge is 2.42. The number of fused-ring (bicyclic) bond motifs is 3. The molecule has 0 atom stereocenters. The molecule has 0 aromatic heterocycles. The van der Waals surface area contributed by atoms with E-state index in [0.29, 0.717) is 45.3 Å². The molecule has 0 amide bonds. The maximum absolute atomic E-state index is 14.0. The first-order valence-corrected chi connectivity index (χ1v) is 12.2. The molecule has 0 spiro atoms. The summed E-state index contributed by atoms with van der Waals surface area (Å²) in [5.41, 5.74) is 5.74. The lowest BCUT2D eigenvalue weighted by Crippen LogP contribution is -2.29. The van der Waals surface area contributed by atoms with E-state index < -0.39 is 0 Å². The third-order valence-electron chi connectivity index (χ3n) is 6.72. The number of hydrogen-bond donors (Lipinski definition) is 0. The molecule has 0 saturated carbocycles. The summed E-state index contributed by atoms with van der Waals surface area (Å²) in [6.07, 6.45) is 0. The van der Waals surface area contributed by atoms with Crippen LogP contribution in [0.3, 0.4) is 0 Å². The predicted molar refractivity (Wildman–Crippen MR) is 144 cm³/mol. The van der Waals surface area contributed by atoms with E-state index in [0.717, 1.165) is 16.7 Å². The maximum Gasteiger partial charge on any atom is 0.198 e. The van der Waals surface area contributed by atoms with Gasteiger partial charge in [0.1, 0.15) is 23.0 Å². The Morgan fingerprint density at radius 2 is 0.892 bits per heavy atom. The first kappa shape index (κ1) is 22.7. The van der Waals surface area contributed by atoms with Crippen molar-refractivity contribution in [2.45, 2.75) is 20.8 Å². The van der Waals surface area contributed by atoms with Crippen LogP contribution < -0.4 is 9.47 Å². The van der Waals surface area contributed by atoms with E-state index in [-0.39, 0.29) is 22.7 Å². The van der Waals surface area contributed by atoms with Gasteiger partial charge in [-0.1, -0.05) is 77.4 Å². The van der Waals surface area contributed by atoms with Crippen molar-refractivity contribution in [1.29, 1.82) is 0 Å². The molecular weight excluding hydrogens is 460 g/mol. The number of carbonyl (C=O) groups is 2. The molecule has 4 nitrogen and oxygen atoms in total. The molecule has 37 heavy (non-hydrogen) atoms. The quantitative estimate of drug-likeness (QED) is 0.305. The smallest absolute Gasteiger partial charge is 0.198 e. The molecule has 0 aliphatic heterocycles. The van der Waals surface area contributed by atoms with Crippen LogP contribution in [0.1, 0.15) is 48.5 Å². The average molecular weight is 485 g/mol. The van der Waals surface area contributed by atoms with Crippen molar-refractivity contribution in [3.8, 4) is 11.5 Å². The molecule has 0 bridgehead atoms. The summed E-state index contributed by atoms with van der Waals surface area (Å²) in [6.45, 7) is 5.95. The van der Waals surface area contributed by atoms with Crippen molar-refractivity contribution < 1.29 is 19.1 Å². The fraction of sp³-hybridized carbons (Fsp3) is 0.0909. The molecule has 2 aliphatic carbocycles. The molecule has 2 aliphatic rings. The van der Waals surface area contributed by atoms with E-state index >= 15 is 0 Å². The molecule has 0 fully saturated rings. The zero-order valence-electron chi connectivity index (χ0n) is 20.8. The second-order valence-electron chi connectivity index (χ2n) is 9.49. The van der Waals surface area contributed by atoms with Gasteiger partial charge < -0.3 is 9.47 Å². The van der Waals surface area contributed by atoms with Gasteiger partial charge in [-0.2, -0.15) is 0 Å². The van der Waals surface area contributed by atoms with Gasteiger partial charge in [-0.3, -0.25) is 9.59 Å². The molecule has 180 valence electrons. The minimum atomic E-state index is -0.260. The normalized spacial score (nSPS) is 14.2. The lowest BCUT2D eigenvalue weighted by molar-refractivity contribution is 0.0989. The minimum Gasteiger partial charge on any atom is -0.456 e. The van der Waals surface area contributed by atoms with Gasteiger partial charge in [0, 0.05) is 22.3 Å². The van der Waals surface area contributed by atoms with Gasteiger partial charge >= 0.3 is 0 Å². The highest BCUT2D eigenvalue weighted by molar-refractivity contribution is 6.34. The number of rotatable bonds is 4. The molecule has 4 aromatic carbocycles. The van der Waals surface area contributed by atoms with Gasteiger partial charge in [-0.15, -0.1) is 0 Å². The third kappa shape index (κ3) is 3.87. The predicted octanol–water partition coefficient (Wildman–Crippen LogP) is 7.28. The average Bonchev–Trinajstić information content (AvgIpc) is 2.90. The molecule has 0 radical (unpaired) electrons. The van der Waals surface area contributed by atoms with E-state index in [1.165, 1.54) is 0 Å². The molecule has 0 heterocycles. The van der Waals surface area contributed by atoms with Crippen LogP contribution in [0, 0.1) is 20.8 Å². The number of aryl methyl sites for hydroxylation is 3. The summed E-state index contributed by atoms with van der Waals surface area (Å²) in [6, 6.07) is 28.1. The van der Waals surface area contributed by atoms with Crippen molar-refractivity contribution in [3.05, 3.63) is 141 Å². The van der Waals surface area contributed by atoms with E-state index in [1.807, 2.05) is 99.6 Å². The Hall–Kier alpha value is -4.70. The highest BCUT2D eigenvalue weighted by atomic mass is 16.5. The third-order valence-corrected chi connectivity index (χ3v) is 6.72. The van der Waals surface area contributed by atoms with Gasteiger partial charge in [-0.25, -0.2) is 0 Å². The van der Waals surface area contributed by atoms with Crippen LogP contribution in [0.2, 0.25) is 0 Å². The Morgan fingerprint density at radius 1 is 0.459 bits per heavy atom. The number of ketones is 2. The zero-order valence-corrected chi connectivity index (χ0v) is 20.8. The second-order valence-corrected chi connectivity index (χ2v) is 9.49. The summed E-state index contributed by atoms with van der Waals surface area (Å²) in [4.78, 5) is 28.0. The van der Waals surface area contributed by atoms with Gasteiger partial charge in [0.05, 0.1) is 11.1 Å². The van der Waals surface area contributed by atoms with Crippen molar-refractivity contribution >= 4 is 23.1 Å². The fourth-order valence-electron chi connectivity index (χ4n) is 4.78. The molecule has 4 heteroatoms. The second kappa shape index (κ2) is 8.75. The summed E-state index contributed by atoms with van der Waals surface area (Å²) < 4.78 is 12.8. The van der Waals surface area contributed by atoms with Crippen LogP contribution in [0.4, 0.5) is 0 Å². The monoisotopic (exact) mass is 484 g/mol. The van der Waals surface area contributed by atoms with E-state index in [2.05, 4.69) is 0 Å². The van der Waals surface area contributed by atoms with Crippen LogP contribution in [-0.4, -0.2) is 11.6 Å². The number of Topliss-reactive ketones (excluding diaryl/α,β-unsaturated/α-hetero) is 2. The number of carbonyl (C=O) groups excluding carboxylic acids is 2. The van der Waals surface area contributed by atoms with Crippen molar-refractivity contribution in [1.82, 2.24) is 0 Å². The van der Waals surface area contributed by atoms with E-state index in [9.17, 15) is 9.59 Å². The fourth-order valence-corrected chi connectivity index (χ4v) is 4.78. The minimum absolute atomic E-state index is 0.225. The first-order valence-electron chi connectivity index (χ1n) is 12.2. The Bertz CT molecular complexity index is 1650. The first-order chi connectivity index (χ1) is 17.9. The lowest BCUT2D eigenvalue weighted by Gasteiger charge is -2.30. The molecular formula is C33H24O4. The SMILES string of the molecule is Cc1ccc(OC2=C3C(=O)c4ccc(C)cc4C(Oc4ccc(C)cc4)=C3C(=O)c3ccccc32)cc1. The lowest BCUT2D eigenvalue weighted by atomic mass is 9.76. The molecule has 6 rings (SSSR count). The summed E-state index contributed by atoms with van der Waals surface area (Å²) in [7, 11) is 0. The van der Waals surface area contributed by atoms with Crippen LogP contribution in [0.15, 0.2) is 102 Å². The number of benzene rings is 4. The largest absolute Gasteiger partial charge is 0.456 e. The summed E-state index contributed by atoms with van der Waals surface area (Å²) in [5, 5.41) is 0. The summed E-state index contributed by atoms with van der Waals surface area (Å²) >= 11 is 0. The van der Waals surface area contributed by atoms with Crippen molar-refractivity contribution in [3.63, 3.8) is 0 Å². The Kier molecular flexibility index (Phi) is 5.38. The zero-order chi connectivity index (χ0) is 25.7. The molecule has 4 aromatic rings. The number of hydrogen-bond acceptors (Lipinski definition) is 4. The van der Waals surface area contributed by atoms with Crippen molar-refractivity contribution in [2.75, 3.05) is 0 Å². The standard InChI is InChI=1S/C33H24O4/c1-19-8-13-22(14-9-19)36-32-26-7-5-4-6-24(26)30(34)29-28(32)31(35)25-17-12-21(3)18-27(25)33(29)37-23-15-10-20(2)11-16-23/h4-18H,1-3H3. The molecule has 0 unspecified atom stereocenters. The van der Waals surface area contributed by atoms with Gasteiger partial charge in [0.25, 0.3) is 0 Å². The number of ether oxygens (including phenoxy) is 2. The van der Waals surface area contributed by atoms with Crippen LogP contribution in [-0.2, 0) is 0 Å². The molecule has 0 saturated heterocycles. The Labute approximate surface area is 215 Å². The maximum atomic E-state index is 14.0. The summed E-state index contributed by atoms with van der Waals surface area (Å²) in [5.74, 6) is 1.37. The van der Waals surface area contributed by atoms with Crippen LogP contribution >= 0.6 is 0 Å². The topological polar surface area (TPSA) is 52.6 Å². The van der Waals surface area contributed by atoms with E-state index in [4.69, 9.17) is 9.47 Å². The van der Waals surface area contributed by atoms with Crippen molar-refractivity contribution in [2.24, 2.45) is 0 Å². The number of allylic oxidation sites excluding steroid dienone is 2. The van der Waals surface area contributed by atoms with E-state index in [1.54, 1.807) is 12.1 Å². The van der Waals surface area contributed by atoms with Crippen LogP contribution in [0.25, 0.3) is 11.5 Å².